The van der Waals surface area contributed by atoms with Crippen LogP contribution in [0.25, 0.3) is 5.69 Å². The molecule has 2 rings (SSSR count). The molecule has 0 aliphatic heterocycles. The lowest BCUT2D eigenvalue weighted by Crippen LogP contribution is -2.44. The predicted octanol–water partition coefficient (Wildman–Crippen LogP) is 1.53. The molecule has 0 atom stereocenters. The van der Waals surface area contributed by atoms with Crippen LogP contribution in [0.1, 0.15) is 37.4 Å². The fraction of sp³-hybridized carbons (Fsp3) is 0.500. The Morgan fingerprint density at radius 1 is 1.30 bits per heavy atom. The van der Waals surface area contributed by atoms with Crippen molar-refractivity contribution in [2.24, 2.45) is 0 Å². The summed E-state index contributed by atoms with van der Waals surface area (Å²) < 4.78 is 6.54. The fourth-order valence-corrected chi connectivity index (χ4v) is 3.12. The molecule has 1 amide bonds. The van der Waals surface area contributed by atoms with Crippen molar-refractivity contribution in [1.82, 2.24) is 25.1 Å². The maximum atomic E-state index is 12.2. The van der Waals surface area contributed by atoms with Crippen molar-refractivity contribution in [3.63, 3.8) is 0 Å². The molecule has 2 heterocycles. The van der Waals surface area contributed by atoms with Gasteiger partial charge in [-0.15, -0.1) is 16.4 Å². The standard InChI is InChI=1S/C14H19N5O3S/c1-9(2)19(10(3)4)12(20)7-22-14(21)13-11(5-6-23-13)18-8-15-16-17-18/h5-6,8-10H,7H2,1-4H3. The minimum atomic E-state index is -0.564. The summed E-state index contributed by atoms with van der Waals surface area (Å²) in [6.45, 7) is 7.41. The fourth-order valence-electron chi connectivity index (χ4n) is 2.35. The zero-order valence-corrected chi connectivity index (χ0v) is 14.3. The molecule has 0 spiro atoms. The summed E-state index contributed by atoms with van der Waals surface area (Å²) in [4.78, 5) is 26.5. The Kier molecular flexibility index (Phi) is 5.43. The molecule has 0 aliphatic rings. The number of carbonyl (C=O) groups is 2. The SMILES string of the molecule is CC(C)N(C(=O)COC(=O)c1sccc1-n1cnnn1)C(C)C. The van der Waals surface area contributed by atoms with Crippen LogP contribution in [0.4, 0.5) is 0 Å². The normalized spacial score (nSPS) is 11.0. The topological polar surface area (TPSA) is 90.2 Å². The Hall–Kier alpha value is -2.29. The molecule has 2 aromatic heterocycles. The van der Waals surface area contributed by atoms with Crippen molar-refractivity contribution in [2.45, 2.75) is 39.8 Å². The van der Waals surface area contributed by atoms with Gasteiger partial charge in [0.05, 0.1) is 5.69 Å². The lowest BCUT2D eigenvalue weighted by atomic mass is 10.2. The van der Waals surface area contributed by atoms with Crippen molar-refractivity contribution >= 4 is 23.2 Å². The van der Waals surface area contributed by atoms with Gasteiger partial charge >= 0.3 is 5.97 Å². The lowest BCUT2D eigenvalue weighted by Gasteiger charge is -2.30. The summed E-state index contributed by atoms with van der Waals surface area (Å²) >= 11 is 1.21. The van der Waals surface area contributed by atoms with Gasteiger partial charge < -0.3 is 9.64 Å². The van der Waals surface area contributed by atoms with Gasteiger partial charge in [0.1, 0.15) is 11.2 Å². The number of aromatic nitrogens is 4. The highest BCUT2D eigenvalue weighted by Gasteiger charge is 2.23. The Morgan fingerprint density at radius 2 is 2.00 bits per heavy atom. The second kappa shape index (κ2) is 7.32. The zero-order valence-electron chi connectivity index (χ0n) is 13.5. The van der Waals surface area contributed by atoms with E-state index in [0.717, 1.165) is 0 Å². The van der Waals surface area contributed by atoms with E-state index in [1.54, 1.807) is 16.3 Å². The van der Waals surface area contributed by atoms with Crippen LogP contribution >= 0.6 is 11.3 Å². The smallest absolute Gasteiger partial charge is 0.351 e. The quantitative estimate of drug-likeness (QED) is 0.743. The minimum Gasteiger partial charge on any atom is -0.451 e. The molecule has 23 heavy (non-hydrogen) atoms. The predicted molar refractivity (Wildman–Crippen MR) is 84.4 cm³/mol. The third-order valence-electron chi connectivity index (χ3n) is 3.15. The molecular formula is C14H19N5O3S. The Bertz CT molecular complexity index is 658. The van der Waals surface area contributed by atoms with Gasteiger partial charge in [0, 0.05) is 12.1 Å². The Labute approximate surface area is 138 Å². The Balaban J connectivity index is 2.04. The highest BCUT2D eigenvalue weighted by Crippen LogP contribution is 2.21. The number of thiophene rings is 1. The number of esters is 1. The molecule has 9 heteroatoms. The third kappa shape index (κ3) is 3.92. The van der Waals surface area contributed by atoms with Crippen LogP contribution in [-0.4, -0.2) is 55.7 Å². The first kappa shape index (κ1) is 17.1. The molecule has 0 saturated carbocycles. The summed E-state index contributed by atoms with van der Waals surface area (Å²) in [7, 11) is 0. The van der Waals surface area contributed by atoms with Gasteiger partial charge in [-0.1, -0.05) is 0 Å². The van der Waals surface area contributed by atoms with E-state index in [1.165, 1.54) is 22.3 Å². The summed E-state index contributed by atoms with van der Waals surface area (Å²) in [5.74, 6) is -0.782. The molecule has 0 N–H and O–H groups in total. The molecule has 0 aliphatic carbocycles. The molecule has 8 nitrogen and oxygen atoms in total. The van der Waals surface area contributed by atoms with Gasteiger partial charge in [-0.2, -0.15) is 4.68 Å². The van der Waals surface area contributed by atoms with E-state index in [1.807, 2.05) is 27.7 Å². The minimum absolute atomic E-state index is 0.0414. The van der Waals surface area contributed by atoms with Crippen molar-refractivity contribution in [2.75, 3.05) is 6.61 Å². The number of rotatable bonds is 6. The molecule has 0 saturated heterocycles. The number of hydrogen-bond donors (Lipinski definition) is 0. The average molecular weight is 337 g/mol. The number of ether oxygens (including phenoxy) is 1. The van der Waals surface area contributed by atoms with Crippen molar-refractivity contribution in [1.29, 1.82) is 0 Å². The largest absolute Gasteiger partial charge is 0.451 e. The molecule has 0 radical (unpaired) electrons. The zero-order chi connectivity index (χ0) is 17.0. The molecule has 0 bridgehead atoms. The van der Waals surface area contributed by atoms with Gasteiger partial charge in [0.25, 0.3) is 5.91 Å². The lowest BCUT2D eigenvalue weighted by molar-refractivity contribution is -0.138. The first-order valence-corrected chi connectivity index (χ1v) is 8.09. The van der Waals surface area contributed by atoms with E-state index in [0.29, 0.717) is 10.6 Å². The van der Waals surface area contributed by atoms with E-state index < -0.39 is 5.97 Å². The first-order chi connectivity index (χ1) is 10.9. The van der Waals surface area contributed by atoms with E-state index in [2.05, 4.69) is 15.5 Å². The van der Waals surface area contributed by atoms with Crippen molar-refractivity contribution < 1.29 is 14.3 Å². The Morgan fingerprint density at radius 3 is 2.57 bits per heavy atom. The van der Waals surface area contributed by atoms with Gasteiger partial charge in [-0.05, 0) is 49.6 Å². The molecule has 0 fully saturated rings. The molecule has 2 aromatic rings. The van der Waals surface area contributed by atoms with Crippen LogP contribution in [0.2, 0.25) is 0 Å². The maximum Gasteiger partial charge on any atom is 0.351 e. The highest BCUT2D eigenvalue weighted by atomic mass is 32.1. The molecule has 0 aromatic carbocycles. The summed E-state index contributed by atoms with van der Waals surface area (Å²) in [5.41, 5.74) is 0.530. The van der Waals surface area contributed by atoms with Gasteiger partial charge in [-0.3, -0.25) is 4.79 Å². The second-order valence-electron chi connectivity index (χ2n) is 5.45. The first-order valence-electron chi connectivity index (χ1n) is 7.21. The van der Waals surface area contributed by atoms with Crippen LogP contribution in [0, 0.1) is 0 Å². The number of amides is 1. The number of tetrazole rings is 1. The average Bonchev–Trinajstić information content (AvgIpc) is 3.13. The summed E-state index contributed by atoms with van der Waals surface area (Å²) in [6, 6.07) is 1.80. The van der Waals surface area contributed by atoms with Crippen LogP contribution in [-0.2, 0) is 9.53 Å². The van der Waals surface area contributed by atoms with Gasteiger partial charge in [-0.25, -0.2) is 4.79 Å². The summed E-state index contributed by atoms with van der Waals surface area (Å²) in [5, 5.41) is 12.6. The third-order valence-corrected chi connectivity index (χ3v) is 4.04. The van der Waals surface area contributed by atoms with E-state index >= 15 is 0 Å². The summed E-state index contributed by atoms with van der Waals surface area (Å²) in [6.07, 6.45) is 1.39. The molecule has 124 valence electrons. The maximum absolute atomic E-state index is 12.2. The van der Waals surface area contributed by atoms with Crippen LogP contribution in [0.5, 0.6) is 0 Å². The number of hydrogen-bond acceptors (Lipinski definition) is 7. The van der Waals surface area contributed by atoms with E-state index in [9.17, 15) is 9.59 Å². The monoisotopic (exact) mass is 337 g/mol. The van der Waals surface area contributed by atoms with Crippen LogP contribution in [0.3, 0.4) is 0 Å². The number of carbonyl (C=O) groups excluding carboxylic acids is 2. The van der Waals surface area contributed by atoms with Crippen LogP contribution in [0.15, 0.2) is 17.8 Å². The van der Waals surface area contributed by atoms with Crippen molar-refractivity contribution in [3.8, 4) is 5.69 Å². The number of nitrogens with zero attached hydrogens (tertiary/aromatic N) is 5. The van der Waals surface area contributed by atoms with E-state index in [4.69, 9.17) is 4.74 Å². The van der Waals surface area contributed by atoms with Crippen LogP contribution < -0.4 is 0 Å². The van der Waals surface area contributed by atoms with E-state index in [-0.39, 0.29) is 24.6 Å². The second-order valence-corrected chi connectivity index (χ2v) is 6.37. The van der Waals surface area contributed by atoms with Gasteiger partial charge in [0.15, 0.2) is 6.61 Å². The molecular weight excluding hydrogens is 318 g/mol. The highest BCUT2D eigenvalue weighted by molar-refractivity contribution is 7.12. The van der Waals surface area contributed by atoms with Crippen molar-refractivity contribution in [3.05, 3.63) is 22.7 Å². The molecule has 0 unspecified atom stereocenters. The van der Waals surface area contributed by atoms with Gasteiger partial charge in [0.2, 0.25) is 0 Å².